The van der Waals surface area contributed by atoms with E-state index in [1.807, 2.05) is 13.8 Å². The van der Waals surface area contributed by atoms with Crippen LogP contribution in [0.15, 0.2) is 0 Å². The second-order valence-corrected chi connectivity index (χ2v) is 5.35. The van der Waals surface area contributed by atoms with Gasteiger partial charge in [0.15, 0.2) is 0 Å². The Balaban J connectivity index is 2.41. The summed E-state index contributed by atoms with van der Waals surface area (Å²) < 4.78 is 4.73. The van der Waals surface area contributed by atoms with E-state index in [-0.39, 0.29) is 30.0 Å². The van der Waals surface area contributed by atoms with Gasteiger partial charge in [0.1, 0.15) is 0 Å². The summed E-state index contributed by atoms with van der Waals surface area (Å²) in [5.74, 6) is -0.341. The van der Waals surface area contributed by atoms with Gasteiger partial charge in [-0.25, -0.2) is 0 Å². The molecule has 1 aliphatic rings. The molecule has 100 valence electrons. The number of hydrogen-bond acceptors (Lipinski definition) is 4. The molecule has 17 heavy (non-hydrogen) atoms. The highest BCUT2D eigenvalue weighted by Gasteiger charge is 2.34. The molecule has 0 amide bonds. The Morgan fingerprint density at radius 1 is 1.41 bits per heavy atom. The molecule has 2 atom stereocenters. The minimum absolute atomic E-state index is 0.0318. The van der Waals surface area contributed by atoms with E-state index in [4.69, 9.17) is 4.74 Å². The standard InChI is InChI=1S/C13H25NO3/c1-10(12(16)17-3)11(2)14-8-13(9-15)6-4-5-7-13/h10-11,14-15H,4-9H2,1-3H3. The lowest BCUT2D eigenvalue weighted by Crippen LogP contribution is -2.43. The summed E-state index contributed by atoms with van der Waals surface area (Å²) in [5.41, 5.74) is 0.0318. The van der Waals surface area contributed by atoms with Crippen molar-refractivity contribution < 1.29 is 14.6 Å². The van der Waals surface area contributed by atoms with E-state index in [1.165, 1.54) is 20.0 Å². The Kier molecular flexibility index (Phi) is 5.40. The molecule has 1 rings (SSSR count). The Hall–Kier alpha value is -0.610. The van der Waals surface area contributed by atoms with Crippen molar-refractivity contribution in [1.29, 1.82) is 0 Å². The molecule has 4 heteroatoms. The zero-order valence-electron chi connectivity index (χ0n) is 11.2. The van der Waals surface area contributed by atoms with Gasteiger partial charge in [0, 0.05) is 24.6 Å². The highest BCUT2D eigenvalue weighted by atomic mass is 16.5. The zero-order chi connectivity index (χ0) is 12.9. The Morgan fingerprint density at radius 3 is 2.47 bits per heavy atom. The summed E-state index contributed by atoms with van der Waals surface area (Å²) in [5, 5.41) is 12.9. The van der Waals surface area contributed by atoms with Gasteiger partial charge >= 0.3 is 5.97 Å². The fourth-order valence-corrected chi connectivity index (χ4v) is 2.46. The first-order chi connectivity index (χ1) is 8.04. The number of carbonyl (C=O) groups excluding carboxylic acids is 1. The van der Waals surface area contributed by atoms with Crippen LogP contribution in [0.3, 0.4) is 0 Å². The topological polar surface area (TPSA) is 58.6 Å². The van der Waals surface area contributed by atoms with Gasteiger partial charge in [0.2, 0.25) is 0 Å². The van der Waals surface area contributed by atoms with E-state index >= 15 is 0 Å². The van der Waals surface area contributed by atoms with E-state index < -0.39 is 0 Å². The molecule has 0 aromatic heterocycles. The molecule has 2 unspecified atom stereocenters. The average molecular weight is 243 g/mol. The van der Waals surface area contributed by atoms with E-state index in [0.29, 0.717) is 0 Å². The summed E-state index contributed by atoms with van der Waals surface area (Å²) in [7, 11) is 1.41. The van der Waals surface area contributed by atoms with E-state index in [2.05, 4.69) is 5.32 Å². The van der Waals surface area contributed by atoms with Gasteiger partial charge in [0.25, 0.3) is 0 Å². The van der Waals surface area contributed by atoms with Gasteiger partial charge in [-0.05, 0) is 19.8 Å². The first kappa shape index (κ1) is 14.5. The van der Waals surface area contributed by atoms with E-state index in [9.17, 15) is 9.90 Å². The highest BCUT2D eigenvalue weighted by Crippen LogP contribution is 2.37. The van der Waals surface area contributed by atoms with Crippen LogP contribution in [0.25, 0.3) is 0 Å². The number of hydrogen-bond donors (Lipinski definition) is 2. The maximum atomic E-state index is 11.4. The van der Waals surface area contributed by atoms with Crippen LogP contribution in [-0.2, 0) is 9.53 Å². The third-order valence-corrected chi connectivity index (χ3v) is 4.12. The fourth-order valence-electron chi connectivity index (χ4n) is 2.46. The minimum atomic E-state index is -0.186. The minimum Gasteiger partial charge on any atom is -0.469 e. The number of aliphatic hydroxyl groups is 1. The van der Waals surface area contributed by atoms with Crippen LogP contribution in [0.4, 0.5) is 0 Å². The van der Waals surface area contributed by atoms with Crippen molar-refractivity contribution in [2.75, 3.05) is 20.3 Å². The lowest BCUT2D eigenvalue weighted by Gasteiger charge is -2.30. The van der Waals surface area contributed by atoms with Crippen LogP contribution >= 0.6 is 0 Å². The Labute approximate surface area is 104 Å². The molecule has 0 heterocycles. The van der Waals surface area contributed by atoms with Crippen LogP contribution < -0.4 is 5.32 Å². The van der Waals surface area contributed by atoms with Crippen molar-refractivity contribution in [3.05, 3.63) is 0 Å². The summed E-state index contributed by atoms with van der Waals surface area (Å²) in [4.78, 5) is 11.4. The molecule has 1 aliphatic carbocycles. The number of carbonyl (C=O) groups is 1. The molecule has 0 aliphatic heterocycles. The van der Waals surface area contributed by atoms with Crippen molar-refractivity contribution in [1.82, 2.24) is 5.32 Å². The van der Waals surface area contributed by atoms with Gasteiger partial charge in [-0.3, -0.25) is 4.79 Å². The quantitative estimate of drug-likeness (QED) is 0.691. The Bertz CT molecular complexity index is 249. The summed E-state index contributed by atoms with van der Waals surface area (Å²) in [6.45, 7) is 4.87. The number of aliphatic hydroxyl groups excluding tert-OH is 1. The predicted molar refractivity (Wildman–Crippen MR) is 66.6 cm³/mol. The van der Waals surface area contributed by atoms with Crippen molar-refractivity contribution >= 4 is 5.97 Å². The number of ether oxygens (including phenoxy) is 1. The molecular formula is C13H25NO3. The number of rotatable bonds is 6. The van der Waals surface area contributed by atoms with Crippen LogP contribution in [-0.4, -0.2) is 37.4 Å². The van der Waals surface area contributed by atoms with Crippen LogP contribution in [0.2, 0.25) is 0 Å². The van der Waals surface area contributed by atoms with Gasteiger partial charge in [0.05, 0.1) is 13.0 Å². The van der Waals surface area contributed by atoms with E-state index in [0.717, 1.165) is 19.4 Å². The van der Waals surface area contributed by atoms with Crippen LogP contribution in [0.5, 0.6) is 0 Å². The molecule has 4 nitrogen and oxygen atoms in total. The van der Waals surface area contributed by atoms with Gasteiger partial charge < -0.3 is 15.2 Å². The number of esters is 1. The first-order valence-electron chi connectivity index (χ1n) is 6.47. The van der Waals surface area contributed by atoms with Gasteiger partial charge in [-0.15, -0.1) is 0 Å². The third-order valence-electron chi connectivity index (χ3n) is 4.12. The maximum absolute atomic E-state index is 11.4. The van der Waals surface area contributed by atoms with Crippen molar-refractivity contribution in [3.63, 3.8) is 0 Å². The lowest BCUT2D eigenvalue weighted by atomic mass is 9.86. The van der Waals surface area contributed by atoms with Crippen LogP contribution in [0, 0.1) is 11.3 Å². The Morgan fingerprint density at radius 2 is 2.00 bits per heavy atom. The fraction of sp³-hybridized carbons (Fsp3) is 0.923. The molecule has 0 saturated heterocycles. The summed E-state index contributed by atoms with van der Waals surface area (Å²) in [6, 6.07) is 0.0754. The first-order valence-corrected chi connectivity index (χ1v) is 6.47. The van der Waals surface area contributed by atoms with Crippen molar-refractivity contribution in [2.24, 2.45) is 11.3 Å². The smallest absolute Gasteiger partial charge is 0.309 e. The van der Waals surface area contributed by atoms with E-state index in [1.54, 1.807) is 0 Å². The normalized spacial score (nSPS) is 22.1. The van der Waals surface area contributed by atoms with Gasteiger partial charge in [-0.1, -0.05) is 19.8 Å². The molecule has 0 radical (unpaired) electrons. The second-order valence-electron chi connectivity index (χ2n) is 5.35. The van der Waals surface area contributed by atoms with Crippen molar-refractivity contribution in [2.45, 2.75) is 45.6 Å². The summed E-state index contributed by atoms with van der Waals surface area (Å²) in [6.07, 6.45) is 4.55. The van der Waals surface area contributed by atoms with Crippen molar-refractivity contribution in [3.8, 4) is 0 Å². The molecule has 0 aromatic rings. The number of methoxy groups -OCH3 is 1. The lowest BCUT2D eigenvalue weighted by molar-refractivity contribution is -0.145. The van der Waals surface area contributed by atoms with Crippen LogP contribution in [0.1, 0.15) is 39.5 Å². The maximum Gasteiger partial charge on any atom is 0.309 e. The third kappa shape index (κ3) is 3.68. The monoisotopic (exact) mass is 243 g/mol. The average Bonchev–Trinajstić information content (AvgIpc) is 2.83. The molecule has 0 spiro atoms. The molecule has 1 fully saturated rings. The number of nitrogens with one attached hydrogen (secondary N) is 1. The second kappa shape index (κ2) is 6.36. The molecule has 0 bridgehead atoms. The summed E-state index contributed by atoms with van der Waals surface area (Å²) >= 11 is 0. The molecular weight excluding hydrogens is 218 g/mol. The predicted octanol–water partition coefficient (Wildman–Crippen LogP) is 1.33. The van der Waals surface area contributed by atoms with Gasteiger partial charge in [-0.2, -0.15) is 0 Å². The largest absolute Gasteiger partial charge is 0.469 e. The molecule has 1 saturated carbocycles. The molecule has 0 aromatic carbocycles. The highest BCUT2D eigenvalue weighted by molar-refractivity contribution is 5.72. The SMILES string of the molecule is COC(=O)C(C)C(C)NCC1(CO)CCCC1. The zero-order valence-corrected chi connectivity index (χ0v) is 11.2. The molecule has 2 N–H and O–H groups in total.